The molecule has 1 aromatic rings. The van der Waals surface area contributed by atoms with Crippen molar-refractivity contribution >= 4 is 40.5 Å². The molecular formula is C29H41N5O8. The number of benzene rings is 1. The summed E-state index contributed by atoms with van der Waals surface area (Å²) < 4.78 is 0. The van der Waals surface area contributed by atoms with Crippen LogP contribution in [0.2, 0.25) is 0 Å². The zero-order valence-corrected chi connectivity index (χ0v) is 25.0. The first kappa shape index (κ1) is 31.4. The molecule has 0 aliphatic heterocycles. The SMILES string of the molecule is CN(C)c1cc(NC(=O)CNC(C)(C)C)c(O)c2c1C[C@@H]1C[C@@H]3[C@@H](N(C)C)C(O)C(C(N)=O)C(=O)[C@]3(O)C(=O)C1=C2O. The minimum absolute atomic E-state index is 0.00179. The summed E-state index contributed by atoms with van der Waals surface area (Å²) in [7, 11) is 6.70. The summed E-state index contributed by atoms with van der Waals surface area (Å²) in [5.74, 6) is -8.67. The number of amides is 2. The Morgan fingerprint density at radius 2 is 1.76 bits per heavy atom. The normalized spacial score (nSPS) is 29.1. The average Bonchev–Trinajstić information content (AvgIpc) is 2.85. The third-order valence-corrected chi connectivity index (χ3v) is 8.60. The Morgan fingerprint density at radius 3 is 2.29 bits per heavy atom. The van der Waals surface area contributed by atoms with Crippen molar-refractivity contribution in [2.75, 3.05) is 45.0 Å². The molecule has 2 fully saturated rings. The maximum atomic E-state index is 14.1. The predicted octanol–water partition coefficient (Wildman–Crippen LogP) is -0.478. The van der Waals surface area contributed by atoms with Gasteiger partial charge in [-0.1, -0.05) is 0 Å². The number of aliphatic hydroxyl groups is 3. The maximum Gasteiger partial charge on any atom is 0.238 e. The van der Waals surface area contributed by atoms with Crippen LogP contribution in [0, 0.1) is 17.8 Å². The van der Waals surface area contributed by atoms with Gasteiger partial charge in [-0.15, -0.1) is 0 Å². The molecule has 4 rings (SSSR count). The first-order valence-corrected chi connectivity index (χ1v) is 13.8. The van der Waals surface area contributed by atoms with E-state index in [1.54, 1.807) is 44.1 Å². The van der Waals surface area contributed by atoms with Gasteiger partial charge < -0.3 is 46.6 Å². The number of phenolic OH excluding ortho intramolecular Hbond substituents is 1. The Balaban J connectivity index is 1.86. The van der Waals surface area contributed by atoms with Gasteiger partial charge in [-0.05, 0) is 65.3 Å². The van der Waals surface area contributed by atoms with Crippen molar-refractivity contribution in [3.63, 3.8) is 0 Å². The molecule has 2 amide bonds. The standard InChI is InChI=1S/C29H41N5O8/c1-28(2,3)31-11-17(35)32-15-10-16(33(4)5)13-8-12-9-14-21(34(6)7)24(38)20(27(30)41)26(40)29(14,42)25(39)18(12)23(37)19(13)22(15)36/h10,12,14,20-21,24,31,36-38,42H,8-9,11H2,1-7H3,(H2,30,41)(H,32,35)/t12-,14-,20?,21-,24?,29-/m1/s1. The Hall–Kier alpha value is -3.52. The van der Waals surface area contributed by atoms with Crippen LogP contribution in [-0.2, 0) is 25.6 Å². The summed E-state index contributed by atoms with van der Waals surface area (Å²) in [5.41, 5.74) is 3.07. The van der Waals surface area contributed by atoms with E-state index in [0.717, 1.165) is 0 Å². The van der Waals surface area contributed by atoms with Gasteiger partial charge in [0.25, 0.3) is 0 Å². The summed E-state index contributed by atoms with van der Waals surface area (Å²) in [6.45, 7) is 5.63. The lowest BCUT2D eigenvalue weighted by Crippen LogP contribution is -2.73. The van der Waals surface area contributed by atoms with Crippen molar-refractivity contribution in [1.82, 2.24) is 10.2 Å². The van der Waals surface area contributed by atoms with E-state index >= 15 is 0 Å². The summed E-state index contributed by atoms with van der Waals surface area (Å²) in [4.78, 5) is 55.7. The number of carbonyl (C=O) groups excluding carboxylic acids is 4. The Bertz CT molecular complexity index is 1380. The molecule has 42 heavy (non-hydrogen) atoms. The molecule has 230 valence electrons. The zero-order chi connectivity index (χ0) is 31.6. The van der Waals surface area contributed by atoms with Crippen LogP contribution in [0.3, 0.4) is 0 Å². The lowest BCUT2D eigenvalue weighted by molar-refractivity contribution is -0.184. The molecule has 0 saturated heterocycles. The average molecular weight is 588 g/mol. The molecule has 2 saturated carbocycles. The number of aromatic hydroxyl groups is 1. The largest absolute Gasteiger partial charge is 0.507 e. The molecule has 3 aliphatic carbocycles. The number of ketones is 2. The molecule has 3 aliphatic rings. The van der Waals surface area contributed by atoms with E-state index in [2.05, 4.69) is 10.6 Å². The summed E-state index contributed by atoms with van der Waals surface area (Å²) in [5, 5.41) is 51.3. The van der Waals surface area contributed by atoms with Crippen LogP contribution in [0.4, 0.5) is 11.4 Å². The molecule has 13 nitrogen and oxygen atoms in total. The van der Waals surface area contributed by atoms with Crippen molar-refractivity contribution in [3.8, 4) is 5.75 Å². The Morgan fingerprint density at radius 1 is 1.14 bits per heavy atom. The second-order valence-corrected chi connectivity index (χ2v) is 13.0. The lowest BCUT2D eigenvalue weighted by atomic mass is 9.54. The third-order valence-electron chi connectivity index (χ3n) is 8.60. The molecule has 0 spiro atoms. The molecule has 0 aromatic heterocycles. The quantitative estimate of drug-likeness (QED) is 0.167. The molecule has 0 radical (unpaired) electrons. The second-order valence-electron chi connectivity index (χ2n) is 13.0. The van der Waals surface area contributed by atoms with Crippen LogP contribution < -0.4 is 21.3 Å². The number of anilines is 2. The van der Waals surface area contributed by atoms with E-state index < -0.39 is 70.4 Å². The van der Waals surface area contributed by atoms with Crippen LogP contribution in [0.1, 0.15) is 38.3 Å². The number of nitrogens with one attached hydrogen (secondary N) is 2. The van der Waals surface area contributed by atoms with E-state index in [0.29, 0.717) is 11.3 Å². The van der Waals surface area contributed by atoms with Crippen LogP contribution in [-0.4, -0.2) is 107 Å². The number of carbonyl (C=O) groups is 4. The Labute approximate surface area is 244 Å². The zero-order valence-electron chi connectivity index (χ0n) is 25.0. The van der Waals surface area contributed by atoms with Gasteiger partial charge in [-0.3, -0.25) is 19.2 Å². The first-order chi connectivity index (χ1) is 19.3. The van der Waals surface area contributed by atoms with Gasteiger partial charge in [-0.2, -0.15) is 0 Å². The molecule has 6 atom stereocenters. The van der Waals surface area contributed by atoms with Crippen molar-refractivity contribution < 1.29 is 39.6 Å². The van der Waals surface area contributed by atoms with Gasteiger partial charge in [0, 0.05) is 42.9 Å². The van der Waals surface area contributed by atoms with E-state index in [1.807, 2.05) is 20.8 Å². The topological polar surface area (TPSA) is 206 Å². The number of nitrogens with two attached hydrogens (primary N) is 1. The number of rotatable bonds is 6. The van der Waals surface area contributed by atoms with Gasteiger partial charge in [0.2, 0.25) is 17.6 Å². The summed E-state index contributed by atoms with van der Waals surface area (Å²) >= 11 is 0. The number of likely N-dealkylation sites (N-methyl/N-ethyl adjacent to an activating group) is 1. The van der Waals surface area contributed by atoms with Crippen molar-refractivity contribution in [2.24, 2.45) is 23.5 Å². The number of hydrogen-bond donors (Lipinski definition) is 7. The van der Waals surface area contributed by atoms with Gasteiger partial charge in [0.05, 0.1) is 23.9 Å². The fourth-order valence-electron chi connectivity index (χ4n) is 6.69. The monoisotopic (exact) mass is 587 g/mol. The maximum absolute atomic E-state index is 14.1. The van der Waals surface area contributed by atoms with Gasteiger partial charge >= 0.3 is 0 Å². The molecule has 13 heteroatoms. The van der Waals surface area contributed by atoms with Crippen LogP contribution in [0.5, 0.6) is 5.75 Å². The summed E-state index contributed by atoms with van der Waals surface area (Å²) in [6.07, 6.45) is -1.39. The predicted molar refractivity (Wildman–Crippen MR) is 155 cm³/mol. The Kier molecular flexibility index (Phi) is 7.96. The number of hydrogen-bond acceptors (Lipinski definition) is 11. The van der Waals surface area contributed by atoms with Crippen LogP contribution in [0.15, 0.2) is 11.6 Å². The molecular weight excluding hydrogens is 546 g/mol. The molecule has 8 N–H and O–H groups in total. The number of nitrogens with zero attached hydrogens (tertiary/aromatic N) is 2. The fourth-order valence-corrected chi connectivity index (χ4v) is 6.69. The number of fused-ring (bicyclic) bond motifs is 3. The highest BCUT2D eigenvalue weighted by molar-refractivity contribution is 6.25. The first-order valence-electron chi connectivity index (χ1n) is 13.8. The minimum atomic E-state index is -2.74. The summed E-state index contributed by atoms with van der Waals surface area (Å²) in [6, 6.07) is 0.608. The van der Waals surface area contributed by atoms with Crippen molar-refractivity contribution in [3.05, 3.63) is 22.8 Å². The van der Waals surface area contributed by atoms with Crippen LogP contribution >= 0.6 is 0 Å². The number of phenols is 1. The number of primary amides is 1. The van der Waals surface area contributed by atoms with E-state index in [1.165, 1.54) is 0 Å². The van der Waals surface area contributed by atoms with Gasteiger partial charge in [0.1, 0.15) is 17.4 Å². The molecule has 0 heterocycles. The van der Waals surface area contributed by atoms with Gasteiger partial charge in [-0.25, -0.2) is 0 Å². The van der Waals surface area contributed by atoms with E-state index in [9.17, 15) is 39.6 Å². The van der Waals surface area contributed by atoms with Crippen LogP contribution in [0.25, 0.3) is 5.76 Å². The third kappa shape index (κ3) is 4.93. The highest BCUT2D eigenvalue weighted by Gasteiger charge is 2.67. The minimum Gasteiger partial charge on any atom is -0.507 e. The lowest BCUT2D eigenvalue weighted by Gasteiger charge is -2.53. The second kappa shape index (κ2) is 10.6. The van der Waals surface area contributed by atoms with E-state index in [-0.39, 0.29) is 41.7 Å². The molecule has 1 aromatic carbocycles. The van der Waals surface area contributed by atoms with Crippen molar-refractivity contribution in [2.45, 2.75) is 56.9 Å². The smallest absolute Gasteiger partial charge is 0.238 e. The highest BCUT2D eigenvalue weighted by atomic mass is 16.3. The highest BCUT2D eigenvalue weighted by Crippen LogP contribution is 2.54. The fraction of sp³-hybridized carbons (Fsp3) is 0.586. The number of aliphatic hydroxyl groups excluding tert-OH is 2. The molecule has 2 unspecified atom stereocenters. The van der Waals surface area contributed by atoms with Crippen molar-refractivity contribution in [1.29, 1.82) is 0 Å². The number of Topliss-reactive ketones (excluding diaryl/α,β-unsaturated/α-hetero) is 2. The molecule has 0 bridgehead atoms. The van der Waals surface area contributed by atoms with Gasteiger partial charge in [0.15, 0.2) is 11.4 Å². The van der Waals surface area contributed by atoms with E-state index in [4.69, 9.17) is 5.73 Å².